The number of carboxylic acids is 1. The number of aliphatic carboxylic acids is 1. The van der Waals surface area contributed by atoms with E-state index in [9.17, 15) is 14.7 Å². The first kappa shape index (κ1) is 15.7. The van der Waals surface area contributed by atoms with E-state index in [1.807, 2.05) is 13.8 Å². The molecule has 0 aromatic heterocycles. The van der Waals surface area contributed by atoms with Gasteiger partial charge in [0.25, 0.3) is 0 Å². The van der Waals surface area contributed by atoms with Crippen molar-refractivity contribution in [3.05, 3.63) is 11.6 Å². The van der Waals surface area contributed by atoms with Crippen LogP contribution in [0.25, 0.3) is 0 Å². The Morgan fingerprint density at radius 1 is 1.37 bits per heavy atom. The third-order valence-electron chi connectivity index (χ3n) is 4.21. The van der Waals surface area contributed by atoms with Gasteiger partial charge in [-0.25, -0.2) is 0 Å². The third-order valence-corrected chi connectivity index (χ3v) is 4.21. The summed E-state index contributed by atoms with van der Waals surface area (Å²) >= 11 is 0. The summed E-state index contributed by atoms with van der Waals surface area (Å²) in [5.74, 6) is -1.02. The van der Waals surface area contributed by atoms with E-state index in [1.54, 1.807) is 0 Å². The minimum Gasteiger partial charge on any atom is -0.481 e. The summed E-state index contributed by atoms with van der Waals surface area (Å²) < 4.78 is 0. The molecule has 0 saturated carbocycles. The smallest absolute Gasteiger partial charge is 0.310 e. The number of hydrogen-bond acceptors (Lipinski definition) is 2. The highest BCUT2D eigenvalue weighted by Gasteiger charge is 2.36. The monoisotopic (exact) mass is 267 g/mol. The zero-order valence-electron chi connectivity index (χ0n) is 12.0. The van der Waals surface area contributed by atoms with Gasteiger partial charge in [-0.15, -0.1) is 0 Å². The SMILES string of the molecule is CCC(CC)(CC(=O)NCCC1=CCCC1)C(=O)O. The van der Waals surface area contributed by atoms with Crippen LogP contribution in [0.4, 0.5) is 0 Å². The topological polar surface area (TPSA) is 66.4 Å². The molecule has 0 bridgehead atoms. The molecule has 0 aliphatic heterocycles. The summed E-state index contributed by atoms with van der Waals surface area (Å²) in [6.07, 6.45) is 7.69. The van der Waals surface area contributed by atoms with Crippen molar-refractivity contribution in [1.82, 2.24) is 5.32 Å². The second-order valence-corrected chi connectivity index (χ2v) is 5.32. The molecule has 108 valence electrons. The van der Waals surface area contributed by atoms with Crippen LogP contribution in [0.3, 0.4) is 0 Å². The highest BCUT2D eigenvalue weighted by Crippen LogP contribution is 2.30. The van der Waals surface area contributed by atoms with Crippen LogP contribution in [0.5, 0.6) is 0 Å². The lowest BCUT2D eigenvalue weighted by Gasteiger charge is -2.25. The van der Waals surface area contributed by atoms with E-state index in [0.29, 0.717) is 19.4 Å². The Balaban J connectivity index is 2.38. The molecule has 0 heterocycles. The van der Waals surface area contributed by atoms with Crippen molar-refractivity contribution >= 4 is 11.9 Å². The molecule has 0 fully saturated rings. The Bertz CT molecular complexity index is 356. The number of hydrogen-bond donors (Lipinski definition) is 2. The van der Waals surface area contributed by atoms with Crippen molar-refractivity contribution in [3.8, 4) is 0 Å². The van der Waals surface area contributed by atoms with E-state index in [0.717, 1.165) is 19.3 Å². The number of allylic oxidation sites excluding steroid dienone is 1. The van der Waals surface area contributed by atoms with Gasteiger partial charge in [0.2, 0.25) is 5.91 Å². The average Bonchev–Trinajstić information content (AvgIpc) is 2.89. The summed E-state index contributed by atoms with van der Waals surface area (Å²) in [5.41, 5.74) is 0.507. The molecule has 1 rings (SSSR count). The lowest BCUT2D eigenvalue weighted by molar-refractivity contribution is -0.152. The van der Waals surface area contributed by atoms with Gasteiger partial charge in [0, 0.05) is 13.0 Å². The molecule has 2 N–H and O–H groups in total. The van der Waals surface area contributed by atoms with Crippen molar-refractivity contribution in [3.63, 3.8) is 0 Å². The van der Waals surface area contributed by atoms with Crippen LogP contribution in [0.2, 0.25) is 0 Å². The normalized spacial score (nSPS) is 15.2. The molecule has 0 atom stereocenters. The number of rotatable bonds is 8. The Labute approximate surface area is 115 Å². The number of amides is 1. The molecule has 4 heteroatoms. The van der Waals surface area contributed by atoms with E-state index in [1.165, 1.54) is 12.0 Å². The minimum absolute atomic E-state index is 0.0778. The predicted molar refractivity (Wildman–Crippen MR) is 74.8 cm³/mol. The van der Waals surface area contributed by atoms with E-state index < -0.39 is 11.4 Å². The highest BCUT2D eigenvalue weighted by molar-refractivity contribution is 5.84. The van der Waals surface area contributed by atoms with Crippen LogP contribution in [0, 0.1) is 5.41 Å². The molecule has 0 radical (unpaired) electrons. The molecule has 0 spiro atoms. The first-order valence-electron chi connectivity index (χ1n) is 7.22. The van der Waals surface area contributed by atoms with Crippen LogP contribution in [0.15, 0.2) is 11.6 Å². The minimum atomic E-state index is -0.906. The van der Waals surface area contributed by atoms with Gasteiger partial charge in [-0.2, -0.15) is 0 Å². The van der Waals surface area contributed by atoms with Crippen LogP contribution in [-0.2, 0) is 9.59 Å². The standard InChI is InChI=1S/C15H25NO3/c1-3-15(4-2,14(18)19)11-13(17)16-10-9-12-7-5-6-8-12/h7H,3-6,8-11H2,1-2H3,(H,16,17)(H,18,19). The van der Waals surface area contributed by atoms with Crippen LogP contribution in [0.1, 0.15) is 58.8 Å². The summed E-state index contributed by atoms with van der Waals surface area (Å²) in [4.78, 5) is 23.2. The molecule has 0 saturated heterocycles. The maximum atomic E-state index is 11.9. The van der Waals surface area contributed by atoms with Crippen molar-refractivity contribution in [2.45, 2.75) is 58.8 Å². The predicted octanol–water partition coefficient (Wildman–Crippen LogP) is 2.88. The van der Waals surface area contributed by atoms with Crippen molar-refractivity contribution in [2.75, 3.05) is 6.54 Å². The van der Waals surface area contributed by atoms with Crippen molar-refractivity contribution in [2.24, 2.45) is 5.41 Å². The van der Waals surface area contributed by atoms with Gasteiger partial charge < -0.3 is 10.4 Å². The summed E-state index contributed by atoms with van der Waals surface area (Å²) in [7, 11) is 0. The first-order valence-corrected chi connectivity index (χ1v) is 7.22. The molecule has 0 aromatic rings. The van der Waals surface area contributed by atoms with E-state index >= 15 is 0 Å². The Kier molecular flexibility index (Phi) is 6.06. The second kappa shape index (κ2) is 7.31. The van der Waals surface area contributed by atoms with E-state index in [2.05, 4.69) is 11.4 Å². The maximum Gasteiger partial charge on any atom is 0.310 e. The molecule has 1 aliphatic carbocycles. The largest absolute Gasteiger partial charge is 0.481 e. The van der Waals surface area contributed by atoms with Crippen LogP contribution >= 0.6 is 0 Å². The van der Waals surface area contributed by atoms with Crippen LogP contribution in [-0.4, -0.2) is 23.5 Å². The van der Waals surface area contributed by atoms with Gasteiger partial charge in [-0.05, 0) is 38.5 Å². The Hall–Kier alpha value is -1.32. The summed E-state index contributed by atoms with van der Waals surface area (Å²) in [6.45, 7) is 4.27. The van der Waals surface area contributed by atoms with E-state index in [-0.39, 0.29) is 12.3 Å². The second-order valence-electron chi connectivity index (χ2n) is 5.32. The first-order chi connectivity index (χ1) is 9.04. The summed E-state index contributed by atoms with van der Waals surface area (Å²) in [6, 6.07) is 0. The lowest BCUT2D eigenvalue weighted by Crippen LogP contribution is -2.37. The highest BCUT2D eigenvalue weighted by atomic mass is 16.4. The Morgan fingerprint density at radius 2 is 2.05 bits per heavy atom. The molecule has 0 unspecified atom stereocenters. The fourth-order valence-electron chi connectivity index (χ4n) is 2.57. The van der Waals surface area contributed by atoms with Crippen LogP contribution < -0.4 is 5.32 Å². The fraction of sp³-hybridized carbons (Fsp3) is 0.733. The molecule has 4 nitrogen and oxygen atoms in total. The molecular formula is C15H25NO3. The average molecular weight is 267 g/mol. The molecule has 19 heavy (non-hydrogen) atoms. The van der Waals surface area contributed by atoms with Gasteiger partial charge in [0.1, 0.15) is 0 Å². The van der Waals surface area contributed by atoms with Gasteiger partial charge in [0.05, 0.1) is 5.41 Å². The van der Waals surface area contributed by atoms with Gasteiger partial charge in [0.15, 0.2) is 0 Å². The van der Waals surface area contributed by atoms with Crippen molar-refractivity contribution in [1.29, 1.82) is 0 Å². The molecule has 1 aliphatic rings. The molecule has 0 aromatic carbocycles. The molecule has 1 amide bonds. The number of nitrogens with one attached hydrogen (secondary N) is 1. The zero-order valence-corrected chi connectivity index (χ0v) is 12.0. The number of carboxylic acid groups (broad SMARTS) is 1. The van der Waals surface area contributed by atoms with Gasteiger partial charge >= 0.3 is 5.97 Å². The van der Waals surface area contributed by atoms with Gasteiger partial charge in [-0.3, -0.25) is 9.59 Å². The summed E-state index contributed by atoms with van der Waals surface area (Å²) in [5, 5.41) is 12.1. The Morgan fingerprint density at radius 3 is 2.53 bits per heavy atom. The van der Waals surface area contributed by atoms with Crippen molar-refractivity contribution < 1.29 is 14.7 Å². The number of carbonyl (C=O) groups is 2. The third kappa shape index (κ3) is 4.37. The van der Waals surface area contributed by atoms with Gasteiger partial charge in [-0.1, -0.05) is 25.5 Å². The maximum absolute atomic E-state index is 11.9. The van der Waals surface area contributed by atoms with E-state index in [4.69, 9.17) is 0 Å². The zero-order chi connectivity index (χ0) is 14.3. The molecular weight excluding hydrogens is 242 g/mol. The number of carbonyl (C=O) groups excluding carboxylic acids is 1. The fourth-order valence-corrected chi connectivity index (χ4v) is 2.57. The quantitative estimate of drug-likeness (QED) is 0.664. The lowest BCUT2D eigenvalue weighted by atomic mass is 9.79.